The summed E-state index contributed by atoms with van der Waals surface area (Å²) in [7, 11) is 0. The second-order valence-electron chi connectivity index (χ2n) is 5.34. The molecule has 0 N–H and O–H groups in total. The van der Waals surface area contributed by atoms with Gasteiger partial charge in [0.2, 0.25) is 11.6 Å². The maximum Gasteiger partial charge on any atom is 0.202 e. The van der Waals surface area contributed by atoms with Gasteiger partial charge in [-0.3, -0.25) is 9.59 Å². The number of thioether (sulfide) groups is 1. The van der Waals surface area contributed by atoms with Gasteiger partial charge in [-0.15, -0.1) is 0 Å². The highest BCUT2D eigenvalue weighted by molar-refractivity contribution is 8.03. The van der Waals surface area contributed by atoms with Gasteiger partial charge < -0.3 is 4.74 Å². The Bertz CT molecular complexity index is 818. The smallest absolute Gasteiger partial charge is 0.202 e. The summed E-state index contributed by atoms with van der Waals surface area (Å²) in [6.45, 7) is 0. The Morgan fingerprint density at radius 2 is 1.57 bits per heavy atom. The molecule has 1 saturated heterocycles. The highest BCUT2D eigenvalue weighted by Gasteiger charge is 2.39. The zero-order chi connectivity index (χ0) is 16.0. The van der Waals surface area contributed by atoms with Crippen molar-refractivity contribution >= 4 is 34.9 Å². The van der Waals surface area contributed by atoms with Crippen LogP contribution in [0.25, 0.3) is 0 Å². The van der Waals surface area contributed by atoms with Gasteiger partial charge in [-0.1, -0.05) is 59.8 Å². The van der Waals surface area contributed by atoms with Crippen molar-refractivity contribution < 1.29 is 14.3 Å². The maximum atomic E-state index is 12.5. The summed E-state index contributed by atoms with van der Waals surface area (Å²) in [6.07, 6.45) is -0.177. The molecule has 1 fully saturated rings. The molecule has 114 valence electrons. The van der Waals surface area contributed by atoms with E-state index >= 15 is 0 Å². The standard InChI is InChI=1S/C18H11ClO3S/c19-11-7-5-10(6-8-11)14-9-23-18(22-14)15-16(20)12-3-1-2-4-13(12)17(15)21/h1-8,14H,9H2. The normalized spacial score (nSPS) is 20.0. The number of carbonyl (C=O) groups excluding carboxylic acids is 2. The quantitative estimate of drug-likeness (QED) is 0.568. The topological polar surface area (TPSA) is 43.4 Å². The lowest BCUT2D eigenvalue weighted by Gasteiger charge is -2.10. The predicted molar refractivity (Wildman–Crippen MR) is 89.9 cm³/mol. The average Bonchev–Trinajstić information content (AvgIpc) is 3.13. The molecule has 1 atom stereocenters. The van der Waals surface area contributed by atoms with Crippen molar-refractivity contribution in [1.82, 2.24) is 0 Å². The molecule has 1 unspecified atom stereocenters. The Hall–Kier alpha value is -2.04. The Kier molecular flexibility index (Phi) is 3.51. The van der Waals surface area contributed by atoms with E-state index in [0.717, 1.165) is 5.56 Å². The lowest BCUT2D eigenvalue weighted by molar-refractivity contribution is 0.0970. The molecule has 23 heavy (non-hydrogen) atoms. The van der Waals surface area contributed by atoms with Gasteiger partial charge in [0, 0.05) is 21.9 Å². The molecule has 0 saturated carbocycles. The summed E-state index contributed by atoms with van der Waals surface area (Å²) in [4.78, 5) is 25.0. The monoisotopic (exact) mass is 342 g/mol. The summed E-state index contributed by atoms with van der Waals surface area (Å²) in [5.41, 5.74) is 2.05. The van der Waals surface area contributed by atoms with Gasteiger partial charge in [0.25, 0.3) is 0 Å². The van der Waals surface area contributed by atoms with E-state index in [1.54, 1.807) is 36.4 Å². The maximum absolute atomic E-state index is 12.5. The second kappa shape index (κ2) is 5.55. The number of ketones is 2. The van der Waals surface area contributed by atoms with Gasteiger partial charge in [0.1, 0.15) is 11.7 Å². The van der Waals surface area contributed by atoms with Gasteiger partial charge in [0.15, 0.2) is 5.09 Å². The van der Waals surface area contributed by atoms with Crippen LogP contribution >= 0.6 is 23.4 Å². The molecule has 2 aromatic rings. The average molecular weight is 343 g/mol. The third kappa shape index (κ3) is 2.38. The number of fused-ring (bicyclic) bond motifs is 1. The largest absolute Gasteiger partial charge is 0.478 e. The first-order valence-electron chi connectivity index (χ1n) is 7.13. The van der Waals surface area contributed by atoms with Crippen molar-refractivity contribution in [3.05, 3.63) is 80.9 Å². The van der Waals surface area contributed by atoms with E-state index < -0.39 is 0 Å². The molecule has 0 bridgehead atoms. The van der Waals surface area contributed by atoms with Crippen LogP contribution in [-0.2, 0) is 4.74 Å². The fourth-order valence-corrected chi connectivity index (χ4v) is 3.96. The van der Waals surface area contributed by atoms with Gasteiger partial charge in [-0.2, -0.15) is 0 Å². The van der Waals surface area contributed by atoms with E-state index in [1.807, 2.05) is 12.1 Å². The number of rotatable bonds is 1. The lowest BCUT2D eigenvalue weighted by atomic mass is 10.1. The molecule has 0 spiro atoms. The van der Waals surface area contributed by atoms with E-state index in [0.29, 0.717) is 27.0 Å². The van der Waals surface area contributed by atoms with Crippen LogP contribution in [0.2, 0.25) is 5.02 Å². The van der Waals surface area contributed by atoms with Crippen LogP contribution in [0.5, 0.6) is 0 Å². The van der Waals surface area contributed by atoms with Crippen LogP contribution in [-0.4, -0.2) is 17.3 Å². The molecular weight excluding hydrogens is 332 g/mol. The first-order chi connectivity index (χ1) is 11.1. The van der Waals surface area contributed by atoms with Gasteiger partial charge in [0.05, 0.1) is 0 Å². The van der Waals surface area contributed by atoms with E-state index in [-0.39, 0.29) is 23.2 Å². The van der Waals surface area contributed by atoms with E-state index in [9.17, 15) is 9.59 Å². The fourth-order valence-electron chi connectivity index (χ4n) is 2.76. The van der Waals surface area contributed by atoms with Gasteiger partial charge in [-0.05, 0) is 17.7 Å². The van der Waals surface area contributed by atoms with Crippen molar-refractivity contribution in [2.45, 2.75) is 6.10 Å². The van der Waals surface area contributed by atoms with Crippen molar-refractivity contribution in [3.63, 3.8) is 0 Å². The van der Waals surface area contributed by atoms with Crippen LogP contribution < -0.4 is 0 Å². The highest BCUT2D eigenvalue weighted by atomic mass is 35.5. The molecular formula is C18H11ClO3S. The molecule has 1 aliphatic carbocycles. The number of halogens is 1. The van der Waals surface area contributed by atoms with Crippen LogP contribution in [0.1, 0.15) is 32.4 Å². The minimum atomic E-state index is -0.246. The predicted octanol–water partition coefficient (Wildman–Crippen LogP) is 4.44. The number of ether oxygens (including phenoxy) is 1. The molecule has 4 rings (SSSR count). The number of Topliss-reactive ketones (excluding diaryl/α,β-unsaturated/α-hetero) is 2. The number of hydrogen-bond acceptors (Lipinski definition) is 4. The van der Waals surface area contributed by atoms with E-state index in [1.165, 1.54) is 11.8 Å². The molecule has 0 aromatic heterocycles. The summed E-state index contributed by atoms with van der Waals surface area (Å²) in [5.74, 6) is 0.173. The zero-order valence-electron chi connectivity index (χ0n) is 11.9. The Labute approximate surface area is 142 Å². The molecule has 1 aliphatic heterocycles. The second-order valence-corrected chi connectivity index (χ2v) is 6.76. The first-order valence-corrected chi connectivity index (χ1v) is 8.49. The number of allylic oxidation sites excluding steroid dienone is 1. The zero-order valence-corrected chi connectivity index (χ0v) is 13.5. The van der Waals surface area contributed by atoms with Crippen molar-refractivity contribution in [1.29, 1.82) is 0 Å². The molecule has 3 nitrogen and oxygen atoms in total. The van der Waals surface area contributed by atoms with Gasteiger partial charge in [-0.25, -0.2) is 0 Å². The molecule has 5 heteroatoms. The van der Waals surface area contributed by atoms with Crippen LogP contribution in [0.4, 0.5) is 0 Å². The van der Waals surface area contributed by atoms with Crippen LogP contribution in [0.3, 0.4) is 0 Å². The molecule has 0 radical (unpaired) electrons. The third-order valence-electron chi connectivity index (χ3n) is 3.93. The number of carbonyl (C=O) groups is 2. The van der Waals surface area contributed by atoms with Gasteiger partial charge >= 0.3 is 0 Å². The van der Waals surface area contributed by atoms with Crippen molar-refractivity contribution in [2.24, 2.45) is 0 Å². The minimum absolute atomic E-state index is 0.160. The minimum Gasteiger partial charge on any atom is -0.478 e. The van der Waals surface area contributed by atoms with Crippen molar-refractivity contribution in [2.75, 3.05) is 5.75 Å². The number of benzene rings is 2. The molecule has 0 amide bonds. The Morgan fingerprint density at radius 1 is 0.957 bits per heavy atom. The molecule has 2 aliphatic rings. The third-order valence-corrected chi connectivity index (χ3v) is 5.22. The summed E-state index contributed by atoms with van der Waals surface area (Å²) < 4.78 is 5.90. The number of hydrogen-bond donors (Lipinski definition) is 0. The van der Waals surface area contributed by atoms with Crippen LogP contribution in [0.15, 0.2) is 59.2 Å². The molecule has 1 heterocycles. The van der Waals surface area contributed by atoms with Crippen molar-refractivity contribution in [3.8, 4) is 0 Å². The highest BCUT2D eigenvalue weighted by Crippen LogP contribution is 2.42. The summed E-state index contributed by atoms with van der Waals surface area (Å²) >= 11 is 7.30. The van der Waals surface area contributed by atoms with E-state index in [2.05, 4.69) is 0 Å². The first kappa shape index (κ1) is 14.5. The summed E-state index contributed by atoms with van der Waals surface area (Å²) in [6, 6.07) is 14.3. The lowest BCUT2D eigenvalue weighted by Crippen LogP contribution is -2.05. The molecule has 2 aromatic carbocycles. The van der Waals surface area contributed by atoms with Crippen LogP contribution in [0, 0.1) is 0 Å². The SMILES string of the molecule is O=C1C(=C2OC(c3ccc(Cl)cc3)CS2)C(=O)c2ccccc21. The Balaban J connectivity index is 1.67. The fraction of sp³-hybridized carbons (Fsp3) is 0.111. The van der Waals surface area contributed by atoms with E-state index in [4.69, 9.17) is 16.3 Å². The Morgan fingerprint density at radius 3 is 2.17 bits per heavy atom. The summed E-state index contributed by atoms with van der Waals surface area (Å²) in [5, 5.41) is 1.09.